The van der Waals surface area contributed by atoms with Gasteiger partial charge in [-0.2, -0.15) is 8.78 Å². The molecule has 1 heterocycles. The van der Waals surface area contributed by atoms with Gasteiger partial charge in [0.05, 0.1) is 4.99 Å². The van der Waals surface area contributed by atoms with Crippen LogP contribution in [0.1, 0.15) is 19.8 Å². The largest absolute Gasteiger partial charge is 0.484 e. The van der Waals surface area contributed by atoms with E-state index < -0.39 is 40.9 Å². The summed E-state index contributed by atoms with van der Waals surface area (Å²) in [5, 5.41) is 0. The normalized spacial score (nSPS) is 16.2. The number of benzene rings is 1. The molecule has 21 heavy (non-hydrogen) atoms. The van der Waals surface area contributed by atoms with Crippen molar-refractivity contribution in [2.45, 2.75) is 25.9 Å². The van der Waals surface area contributed by atoms with Gasteiger partial charge in [-0.1, -0.05) is 12.2 Å². The molecule has 1 aromatic carbocycles. The van der Waals surface area contributed by atoms with Crippen LogP contribution >= 0.6 is 12.2 Å². The number of rotatable bonds is 2. The minimum atomic E-state index is -2.19. The summed E-state index contributed by atoms with van der Waals surface area (Å²) < 4.78 is 71.0. The summed E-state index contributed by atoms with van der Waals surface area (Å²) in [6, 6.07) is 0. The van der Waals surface area contributed by atoms with Crippen molar-refractivity contribution < 1.29 is 26.7 Å². The summed E-state index contributed by atoms with van der Waals surface area (Å²) in [6.45, 7) is 2.77. The molecular weight excluding hydrogens is 313 g/mol. The van der Waals surface area contributed by atoms with Crippen molar-refractivity contribution in [2.24, 2.45) is 0 Å². The lowest BCUT2D eigenvalue weighted by Crippen LogP contribution is -2.40. The van der Waals surface area contributed by atoms with E-state index in [2.05, 4.69) is 0 Å². The van der Waals surface area contributed by atoms with Crippen LogP contribution in [0.25, 0.3) is 0 Å². The van der Waals surface area contributed by atoms with Gasteiger partial charge in [-0.25, -0.2) is 13.2 Å². The first-order valence-electron chi connectivity index (χ1n) is 6.26. The molecule has 1 fully saturated rings. The standard InChI is InChI=1S/C13H12F5NOS/c1-6(21)19-4-2-7(3-5-19)20-13-11(17)9(15)8(14)10(16)12(13)18/h7H,2-5H2,1H3. The maximum Gasteiger partial charge on any atom is 0.207 e. The molecule has 0 aliphatic carbocycles. The van der Waals surface area contributed by atoms with Crippen molar-refractivity contribution in [3.8, 4) is 5.75 Å². The van der Waals surface area contributed by atoms with Crippen LogP contribution in [0.2, 0.25) is 0 Å². The first-order chi connectivity index (χ1) is 9.82. The van der Waals surface area contributed by atoms with Gasteiger partial charge < -0.3 is 9.64 Å². The highest BCUT2D eigenvalue weighted by atomic mass is 32.1. The van der Waals surface area contributed by atoms with Crippen LogP contribution < -0.4 is 4.74 Å². The van der Waals surface area contributed by atoms with E-state index in [-0.39, 0.29) is 0 Å². The summed E-state index contributed by atoms with van der Waals surface area (Å²) >= 11 is 5.00. The SMILES string of the molecule is CC(=S)N1CCC(Oc2c(F)c(F)c(F)c(F)c2F)CC1. The van der Waals surface area contributed by atoms with Gasteiger partial charge in [0.2, 0.25) is 29.1 Å². The number of halogens is 5. The van der Waals surface area contributed by atoms with Gasteiger partial charge in [0.1, 0.15) is 6.10 Å². The van der Waals surface area contributed by atoms with Gasteiger partial charge in [-0.05, 0) is 6.92 Å². The Bertz CT molecular complexity index is 543. The van der Waals surface area contributed by atoms with Crippen LogP contribution in [0.3, 0.4) is 0 Å². The molecule has 0 aromatic heterocycles. The van der Waals surface area contributed by atoms with E-state index in [4.69, 9.17) is 17.0 Å². The summed E-state index contributed by atoms with van der Waals surface area (Å²) in [5.41, 5.74) is 0. The summed E-state index contributed by atoms with van der Waals surface area (Å²) in [7, 11) is 0. The number of likely N-dealkylation sites (tertiary alicyclic amines) is 1. The molecule has 2 nitrogen and oxygen atoms in total. The fraction of sp³-hybridized carbons (Fsp3) is 0.462. The Balaban J connectivity index is 2.16. The Morgan fingerprint density at radius 2 is 1.38 bits per heavy atom. The van der Waals surface area contributed by atoms with Crippen molar-refractivity contribution in [1.82, 2.24) is 4.90 Å². The minimum absolute atomic E-state index is 0.382. The maximum absolute atomic E-state index is 13.5. The molecule has 8 heteroatoms. The zero-order valence-corrected chi connectivity index (χ0v) is 11.9. The van der Waals surface area contributed by atoms with E-state index in [0.717, 1.165) is 0 Å². The topological polar surface area (TPSA) is 12.5 Å². The third-order valence-electron chi connectivity index (χ3n) is 3.34. The second kappa shape index (κ2) is 6.13. The van der Waals surface area contributed by atoms with Crippen LogP contribution in [0.15, 0.2) is 0 Å². The van der Waals surface area contributed by atoms with E-state index in [9.17, 15) is 22.0 Å². The second-order valence-corrected chi connectivity index (χ2v) is 5.31. The molecule has 2 rings (SSSR count). The third kappa shape index (κ3) is 3.09. The Labute approximate surface area is 123 Å². The Hall–Kier alpha value is -1.44. The molecule has 0 unspecified atom stereocenters. The van der Waals surface area contributed by atoms with Crippen molar-refractivity contribution in [3.63, 3.8) is 0 Å². The van der Waals surface area contributed by atoms with E-state index in [1.165, 1.54) is 0 Å². The van der Waals surface area contributed by atoms with Gasteiger partial charge in [0.25, 0.3) is 0 Å². The highest BCUT2D eigenvalue weighted by Crippen LogP contribution is 2.31. The monoisotopic (exact) mass is 325 g/mol. The van der Waals surface area contributed by atoms with Crippen LogP contribution in [0.4, 0.5) is 22.0 Å². The van der Waals surface area contributed by atoms with Crippen molar-refractivity contribution >= 4 is 17.2 Å². The molecule has 0 atom stereocenters. The molecule has 0 saturated carbocycles. The molecule has 1 saturated heterocycles. The zero-order chi connectivity index (χ0) is 15.7. The average Bonchev–Trinajstić information content (AvgIpc) is 2.48. The minimum Gasteiger partial charge on any atom is -0.484 e. The van der Waals surface area contributed by atoms with Crippen molar-refractivity contribution in [3.05, 3.63) is 29.1 Å². The molecule has 116 valence electrons. The molecule has 1 aliphatic rings. The molecule has 0 spiro atoms. The summed E-state index contributed by atoms with van der Waals surface area (Å²) in [5.74, 6) is -11.3. The maximum atomic E-state index is 13.5. The smallest absolute Gasteiger partial charge is 0.207 e. The average molecular weight is 325 g/mol. The Morgan fingerprint density at radius 1 is 0.952 bits per heavy atom. The fourth-order valence-electron chi connectivity index (χ4n) is 2.14. The van der Waals surface area contributed by atoms with E-state index in [0.29, 0.717) is 30.9 Å². The quantitative estimate of drug-likeness (QED) is 0.357. The number of thiocarbonyl (C=S) groups is 1. The van der Waals surface area contributed by atoms with E-state index >= 15 is 0 Å². The highest BCUT2D eigenvalue weighted by Gasteiger charge is 2.30. The number of hydrogen-bond donors (Lipinski definition) is 0. The van der Waals surface area contributed by atoms with Crippen molar-refractivity contribution in [1.29, 1.82) is 0 Å². The van der Waals surface area contributed by atoms with Gasteiger partial charge in [-0.3, -0.25) is 0 Å². The van der Waals surface area contributed by atoms with E-state index in [1.54, 1.807) is 6.92 Å². The van der Waals surface area contributed by atoms with Gasteiger partial charge in [0, 0.05) is 25.9 Å². The van der Waals surface area contributed by atoms with Gasteiger partial charge in [0.15, 0.2) is 5.75 Å². The molecule has 0 amide bonds. The number of ether oxygens (including phenoxy) is 1. The third-order valence-corrected chi connectivity index (χ3v) is 3.60. The predicted molar refractivity (Wildman–Crippen MR) is 69.7 cm³/mol. The van der Waals surface area contributed by atoms with Gasteiger partial charge >= 0.3 is 0 Å². The number of nitrogens with zero attached hydrogens (tertiary/aromatic N) is 1. The molecule has 1 aromatic rings. The lowest BCUT2D eigenvalue weighted by atomic mass is 10.1. The summed E-state index contributed by atoms with van der Waals surface area (Å²) in [6.07, 6.45) is 0.143. The van der Waals surface area contributed by atoms with Crippen LogP contribution in [0, 0.1) is 29.1 Å². The van der Waals surface area contributed by atoms with Gasteiger partial charge in [-0.15, -0.1) is 0 Å². The van der Waals surface area contributed by atoms with E-state index in [1.807, 2.05) is 4.90 Å². The lowest BCUT2D eigenvalue weighted by molar-refractivity contribution is 0.118. The highest BCUT2D eigenvalue weighted by molar-refractivity contribution is 7.80. The molecule has 0 bridgehead atoms. The molecule has 0 radical (unpaired) electrons. The van der Waals surface area contributed by atoms with Crippen LogP contribution in [0.5, 0.6) is 5.75 Å². The summed E-state index contributed by atoms with van der Waals surface area (Å²) in [4.78, 5) is 2.57. The Kier molecular flexibility index (Phi) is 4.65. The first kappa shape index (κ1) is 15.9. The molecule has 0 N–H and O–H groups in total. The number of piperidine rings is 1. The fourth-order valence-corrected chi connectivity index (χ4v) is 2.33. The number of hydrogen-bond acceptors (Lipinski definition) is 2. The lowest BCUT2D eigenvalue weighted by Gasteiger charge is -2.33. The Morgan fingerprint density at radius 3 is 1.81 bits per heavy atom. The molecular formula is C13H12F5NOS. The molecule has 1 aliphatic heterocycles. The zero-order valence-electron chi connectivity index (χ0n) is 11.1. The van der Waals surface area contributed by atoms with Crippen LogP contribution in [-0.4, -0.2) is 29.1 Å². The predicted octanol–water partition coefficient (Wildman–Crippen LogP) is 3.57. The second-order valence-electron chi connectivity index (χ2n) is 4.72. The van der Waals surface area contributed by atoms with Crippen molar-refractivity contribution in [2.75, 3.05) is 13.1 Å². The van der Waals surface area contributed by atoms with Crippen LogP contribution in [-0.2, 0) is 0 Å². The first-order valence-corrected chi connectivity index (χ1v) is 6.67.